The van der Waals surface area contributed by atoms with Crippen molar-refractivity contribution in [1.82, 2.24) is 4.72 Å². The van der Waals surface area contributed by atoms with Gasteiger partial charge >= 0.3 is 0 Å². The maximum absolute atomic E-state index is 12.5. The van der Waals surface area contributed by atoms with E-state index in [2.05, 4.69) is 10.0 Å². The molecule has 8 heteroatoms. The highest BCUT2D eigenvalue weighted by Gasteiger charge is 2.23. The van der Waals surface area contributed by atoms with Crippen LogP contribution in [0.2, 0.25) is 10.0 Å². The van der Waals surface area contributed by atoms with Crippen molar-refractivity contribution in [2.45, 2.75) is 36.6 Å². The Morgan fingerprint density at radius 1 is 1.04 bits per heavy atom. The summed E-state index contributed by atoms with van der Waals surface area (Å²) in [5.41, 5.74) is 0.628. The van der Waals surface area contributed by atoms with E-state index in [1.807, 2.05) is 0 Å². The van der Waals surface area contributed by atoms with E-state index in [0.717, 1.165) is 25.7 Å². The standard InChI is InChI=1S/C18H18Cl2N2O3S/c19-13-8-9-17(16(20)11-13)21-18(23)12-4-3-7-15(10-12)26(24,25)22-14-5-1-2-6-14/h3-4,7-11,14,22H,1-2,5-6H2,(H,21,23). The first-order chi connectivity index (χ1) is 12.3. The Labute approximate surface area is 162 Å². The maximum Gasteiger partial charge on any atom is 0.255 e. The minimum atomic E-state index is -3.66. The lowest BCUT2D eigenvalue weighted by atomic mass is 10.2. The van der Waals surface area contributed by atoms with E-state index in [1.54, 1.807) is 24.3 Å². The third-order valence-electron chi connectivity index (χ3n) is 4.26. The van der Waals surface area contributed by atoms with Crippen molar-refractivity contribution in [3.05, 3.63) is 58.1 Å². The highest BCUT2D eigenvalue weighted by molar-refractivity contribution is 7.89. The maximum atomic E-state index is 12.5. The summed E-state index contributed by atoms with van der Waals surface area (Å²) in [6.07, 6.45) is 3.73. The van der Waals surface area contributed by atoms with Crippen LogP contribution in [0.5, 0.6) is 0 Å². The Balaban J connectivity index is 1.78. The van der Waals surface area contributed by atoms with E-state index < -0.39 is 15.9 Å². The molecule has 2 N–H and O–H groups in total. The molecule has 1 aliphatic rings. The fourth-order valence-electron chi connectivity index (χ4n) is 2.92. The van der Waals surface area contributed by atoms with Crippen LogP contribution in [-0.4, -0.2) is 20.4 Å². The lowest BCUT2D eigenvalue weighted by molar-refractivity contribution is 0.102. The van der Waals surface area contributed by atoms with Gasteiger partial charge in [-0.15, -0.1) is 0 Å². The summed E-state index contributed by atoms with van der Waals surface area (Å²) in [6.45, 7) is 0. The van der Waals surface area contributed by atoms with Crippen LogP contribution in [0.4, 0.5) is 5.69 Å². The first kappa shape index (κ1) is 19.2. The highest BCUT2D eigenvalue weighted by atomic mass is 35.5. The highest BCUT2D eigenvalue weighted by Crippen LogP contribution is 2.26. The van der Waals surface area contributed by atoms with Crippen LogP contribution in [0.3, 0.4) is 0 Å². The molecule has 0 bridgehead atoms. The molecule has 138 valence electrons. The number of rotatable bonds is 5. The quantitative estimate of drug-likeness (QED) is 0.760. The van der Waals surface area contributed by atoms with Gasteiger partial charge < -0.3 is 5.32 Å². The van der Waals surface area contributed by atoms with Crippen LogP contribution >= 0.6 is 23.2 Å². The van der Waals surface area contributed by atoms with Crippen molar-refractivity contribution < 1.29 is 13.2 Å². The largest absolute Gasteiger partial charge is 0.321 e. The summed E-state index contributed by atoms with van der Waals surface area (Å²) in [5.74, 6) is -0.452. The Morgan fingerprint density at radius 3 is 2.46 bits per heavy atom. The van der Waals surface area contributed by atoms with Crippen LogP contribution in [0.15, 0.2) is 47.4 Å². The number of carbonyl (C=O) groups excluding carboxylic acids is 1. The van der Waals surface area contributed by atoms with Crippen molar-refractivity contribution in [3.8, 4) is 0 Å². The Hall–Kier alpha value is -1.60. The van der Waals surface area contributed by atoms with Gasteiger partial charge in [0.1, 0.15) is 0 Å². The van der Waals surface area contributed by atoms with E-state index in [1.165, 1.54) is 18.2 Å². The van der Waals surface area contributed by atoms with Gasteiger partial charge in [-0.3, -0.25) is 4.79 Å². The van der Waals surface area contributed by atoms with Crippen LogP contribution in [0.1, 0.15) is 36.0 Å². The van der Waals surface area contributed by atoms with Gasteiger partial charge in [0.05, 0.1) is 15.6 Å². The lowest BCUT2D eigenvalue weighted by Gasteiger charge is -2.13. The zero-order valence-electron chi connectivity index (χ0n) is 13.8. The third-order valence-corrected chi connectivity index (χ3v) is 6.33. The van der Waals surface area contributed by atoms with Gasteiger partial charge in [0.25, 0.3) is 5.91 Å². The van der Waals surface area contributed by atoms with E-state index in [9.17, 15) is 13.2 Å². The molecule has 1 saturated carbocycles. The molecule has 1 fully saturated rings. The van der Waals surface area contributed by atoms with Crippen LogP contribution in [-0.2, 0) is 10.0 Å². The number of amides is 1. The first-order valence-corrected chi connectivity index (χ1v) is 10.5. The van der Waals surface area contributed by atoms with E-state index in [-0.39, 0.29) is 16.5 Å². The van der Waals surface area contributed by atoms with Gasteiger partial charge in [0, 0.05) is 16.6 Å². The molecule has 0 unspecified atom stereocenters. The lowest BCUT2D eigenvalue weighted by Crippen LogP contribution is -2.32. The molecule has 0 heterocycles. The number of nitrogens with one attached hydrogen (secondary N) is 2. The van der Waals surface area contributed by atoms with Gasteiger partial charge in [-0.1, -0.05) is 42.1 Å². The van der Waals surface area contributed by atoms with Crippen LogP contribution in [0, 0.1) is 0 Å². The molecule has 0 saturated heterocycles. The number of anilines is 1. The number of halogens is 2. The summed E-state index contributed by atoms with van der Waals surface area (Å²) in [6, 6.07) is 10.6. The van der Waals surface area contributed by atoms with Crippen molar-refractivity contribution in [1.29, 1.82) is 0 Å². The molecule has 0 aromatic heterocycles. The Kier molecular flexibility index (Phi) is 5.87. The predicted octanol–water partition coefficient (Wildman–Crippen LogP) is 4.47. The summed E-state index contributed by atoms with van der Waals surface area (Å²) in [7, 11) is -3.66. The van der Waals surface area contributed by atoms with Gasteiger partial charge in [-0.05, 0) is 49.2 Å². The summed E-state index contributed by atoms with van der Waals surface area (Å²) in [5, 5.41) is 3.42. The fourth-order valence-corrected chi connectivity index (χ4v) is 4.73. The normalized spacial score (nSPS) is 15.2. The second-order valence-electron chi connectivity index (χ2n) is 6.21. The molecule has 2 aromatic carbocycles. The smallest absolute Gasteiger partial charge is 0.255 e. The number of carbonyl (C=O) groups is 1. The molecule has 1 aliphatic carbocycles. The predicted molar refractivity (Wildman–Crippen MR) is 103 cm³/mol. The summed E-state index contributed by atoms with van der Waals surface area (Å²) < 4.78 is 27.8. The molecular formula is C18H18Cl2N2O3S. The summed E-state index contributed by atoms with van der Waals surface area (Å²) >= 11 is 11.9. The fraction of sp³-hybridized carbons (Fsp3) is 0.278. The molecule has 3 rings (SSSR count). The zero-order chi connectivity index (χ0) is 18.7. The topological polar surface area (TPSA) is 75.3 Å². The van der Waals surface area contributed by atoms with Crippen molar-refractivity contribution in [2.24, 2.45) is 0 Å². The number of sulfonamides is 1. The van der Waals surface area contributed by atoms with Crippen molar-refractivity contribution >= 4 is 44.8 Å². The zero-order valence-corrected chi connectivity index (χ0v) is 16.2. The molecule has 5 nitrogen and oxygen atoms in total. The number of hydrogen-bond acceptors (Lipinski definition) is 3. The van der Waals surface area contributed by atoms with E-state index >= 15 is 0 Å². The van der Waals surface area contributed by atoms with Crippen molar-refractivity contribution in [3.63, 3.8) is 0 Å². The molecule has 2 aromatic rings. The van der Waals surface area contributed by atoms with Gasteiger partial charge in [-0.25, -0.2) is 13.1 Å². The van der Waals surface area contributed by atoms with Gasteiger partial charge in [-0.2, -0.15) is 0 Å². The SMILES string of the molecule is O=C(Nc1ccc(Cl)cc1Cl)c1cccc(S(=O)(=O)NC2CCCC2)c1. The molecule has 0 spiro atoms. The second-order valence-corrected chi connectivity index (χ2v) is 8.77. The minimum absolute atomic E-state index is 0.0367. The number of benzene rings is 2. The minimum Gasteiger partial charge on any atom is -0.321 e. The van der Waals surface area contributed by atoms with Crippen molar-refractivity contribution in [2.75, 3.05) is 5.32 Å². The van der Waals surface area contributed by atoms with E-state index in [0.29, 0.717) is 15.7 Å². The molecule has 0 aliphatic heterocycles. The monoisotopic (exact) mass is 412 g/mol. The van der Waals surface area contributed by atoms with Gasteiger partial charge in [0.2, 0.25) is 10.0 Å². The van der Waals surface area contributed by atoms with Crippen LogP contribution < -0.4 is 10.0 Å². The average molecular weight is 413 g/mol. The van der Waals surface area contributed by atoms with E-state index in [4.69, 9.17) is 23.2 Å². The Morgan fingerprint density at radius 2 is 1.77 bits per heavy atom. The second kappa shape index (κ2) is 7.96. The number of hydrogen-bond donors (Lipinski definition) is 2. The summed E-state index contributed by atoms with van der Waals surface area (Å²) in [4.78, 5) is 12.5. The Bertz CT molecular complexity index is 926. The molecule has 0 atom stereocenters. The van der Waals surface area contributed by atoms with Crippen LogP contribution in [0.25, 0.3) is 0 Å². The molecular weight excluding hydrogens is 395 g/mol. The molecule has 0 radical (unpaired) electrons. The van der Waals surface area contributed by atoms with Gasteiger partial charge in [0.15, 0.2) is 0 Å². The molecule has 1 amide bonds. The molecule has 26 heavy (non-hydrogen) atoms. The first-order valence-electron chi connectivity index (χ1n) is 8.24. The third kappa shape index (κ3) is 4.57. The average Bonchev–Trinajstić information content (AvgIpc) is 3.09.